The molecule has 0 unspecified atom stereocenters. The van der Waals surface area contributed by atoms with E-state index in [1.807, 2.05) is 38.1 Å². The molecule has 0 heterocycles. The highest BCUT2D eigenvalue weighted by atomic mass is 79.9. The molecule has 0 atom stereocenters. The Balaban J connectivity index is 1.80. The van der Waals surface area contributed by atoms with Crippen molar-refractivity contribution < 1.29 is 17.9 Å². The molecule has 0 aliphatic carbocycles. The standard InChI is InChI=1S/C25H25BrCl2N2O4S/c1-15(2)19-12-17(26)6-9-23(19)30-25(31)20-13-24(22(28)14-21(20)27)35(32,33)29-11-10-16-4-7-18(34-3)8-5-16/h4-9,12-15,29H,10-11H2,1-3H3,(H,30,31). The summed E-state index contributed by atoms with van der Waals surface area (Å²) in [7, 11) is -2.42. The molecule has 35 heavy (non-hydrogen) atoms. The van der Waals surface area contributed by atoms with E-state index in [0.717, 1.165) is 21.3 Å². The number of amides is 1. The third-order valence-corrected chi connectivity index (χ3v) is 8.04. The van der Waals surface area contributed by atoms with Crippen molar-refractivity contribution in [2.45, 2.75) is 31.1 Å². The van der Waals surface area contributed by atoms with Gasteiger partial charge in [0, 0.05) is 16.7 Å². The summed E-state index contributed by atoms with van der Waals surface area (Å²) in [5, 5.41) is 2.81. The van der Waals surface area contributed by atoms with Gasteiger partial charge in [0.05, 0.1) is 22.7 Å². The van der Waals surface area contributed by atoms with Crippen LogP contribution in [0.15, 0.2) is 64.0 Å². The third-order valence-electron chi connectivity index (χ3n) is 5.30. The minimum atomic E-state index is -4.00. The van der Waals surface area contributed by atoms with Gasteiger partial charge in [0.25, 0.3) is 5.91 Å². The number of carbonyl (C=O) groups is 1. The second kappa shape index (κ2) is 11.8. The summed E-state index contributed by atoms with van der Waals surface area (Å²) in [5.41, 5.74) is 2.47. The molecule has 0 spiro atoms. The number of anilines is 1. The molecule has 0 saturated carbocycles. The Morgan fingerprint density at radius 2 is 1.71 bits per heavy atom. The summed E-state index contributed by atoms with van der Waals surface area (Å²) in [4.78, 5) is 12.8. The Labute approximate surface area is 224 Å². The van der Waals surface area contributed by atoms with Gasteiger partial charge < -0.3 is 10.1 Å². The first-order chi connectivity index (χ1) is 16.5. The number of rotatable bonds is 9. The molecular weight excluding hydrogens is 575 g/mol. The van der Waals surface area contributed by atoms with Crippen LogP contribution in [0.2, 0.25) is 10.0 Å². The predicted octanol–water partition coefficient (Wildman–Crippen LogP) is 6.66. The monoisotopic (exact) mass is 598 g/mol. The van der Waals surface area contributed by atoms with E-state index in [-0.39, 0.29) is 33.0 Å². The van der Waals surface area contributed by atoms with Crippen molar-refractivity contribution in [2.24, 2.45) is 0 Å². The van der Waals surface area contributed by atoms with Gasteiger partial charge in [-0.3, -0.25) is 4.79 Å². The van der Waals surface area contributed by atoms with Crippen LogP contribution in [-0.4, -0.2) is 28.0 Å². The predicted molar refractivity (Wildman–Crippen MR) is 145 cm³/mol. The van der Waals surface area contributed by atoms with Crippen LogP contribution in [0.4, 0.5) is 5.69 Å². The summed E-state index contributed by atoms with van der Waals surface area (Å²) in [6, 6.07) is 15.3. The topological polar surface area (TPSA) is 84.5 Å². The molecule has 0 aliphatic heterocycles. The first-order valence-corrected chi connectivity index (χ1v) is 13.8. The summed E-state index contributed by atoms with van der Waals surface area (Å²) < 4.78 is 34.5. The van der Waals surface area contributed by atoms with Crippen LogP contribution < -0.4 is 14.8 Å². The zero-order valence-corrected chi connectivity index (χ0v) is 23.3. The van der Waals surface area contributed by atoms with Crippen molar-refractivity contribution in [3.05, 3.63) is 85.8 Å². The third kappa shape index (κ3) is 6.98. The second-order valence-corrected chi connectivity index (χ2v) is 11.6. The zero-order valence-electron chi connectivity index (χ0n) is 19.4. The molecule has 3 rings (SSSR count). The molecule has 1 amide bonds. The number of ether oxygens (including phenoxy) is 1. The van der Waals surface area contributed by atoms with Crippen molar-refractivity contribution in [3.63, 3.8) is 0 Å². The first-order valence-electron chi connectivity index (χ1n) is 10.7. The maximum absolute atomic E-state index is 13.1. The van der Waals surface area contributed by atoms with E-state index in [1.54, 1.807) is 25.3 Å². The number of halogens is 3. The van der Waals surface area contributed by atoms with Crippen molar-refractivity contribution in [3.8, 4) is 5.75 Å². The van der Waals surface area contributed by atoms with Gasteiger partial charge >= 0.3 is 0 Å². The van der Waals surface area contributed by atoms with Crippen molar-refractivity contribution in [1.29, 1.82) is 0 Å². The molecule has 10 heteroatoms. The number of nitrogens with one attached hydrogen (secondary N) is 2. The zero-order chi connectivity index (χ0) is 25.8. The van der Waals surface area contributed by atoms with Gasteiger partial charge in [0.15, 0.2) is 0 Å². The van der Waals surface area contributed by atoms with E-state index in [0.29, 0.717) is 12.1 Å². The largest absolute Gasteiger partial charge is 0.497 e. The molecule has 0 radical (unpaired) electrons. The molecule has 6 nitrogen and oxygen atoms in total. The first kappa shape index (κ1) is 27.5. The Hall–Kier alpha value is -2.10. The number of hydrogen-bond donors (Lipinski definition) is 2. The Morgan fingerprint density at radius 3 is 2.34 bits per heavy atom. The Morgan fingerprint density at radius 1 is 1.03 bits per heavy atom. The number of carbonyl (C=O) groups excluding carboxylic acids is 1. The molecule has 3 aromatic rings. The lowest BCUT2D eigenvalue weighted by molar-refractivity contribution is 0.102. The number of hydrogen-bond acceptors (Lipinski definition) is 4. The molecule has 2 N–H and O–H groups in total. The highest BCUT2D eigenvalue weighted by molar-refractivity contribution is 9.10. The molecule has 186 valence electrons. The lowest BCUT2D eigenvalue weighted by Gasteiger charge is -2.16. The number of sulfonamides is 1. The molecule has 3 aromatic carbocycles. The minimum absolute atomic E-state index is 0.00391. The fourth-order valence-corrected chi connectivity index (χ4v) is 5.69. The van der Waals surface area contributed by atoms with E-state index in [9.17, 15) is 13.2 Å². The molecule has 0 fully saturated rings. The summed E-state index contributed by atoms with van der Waals surface area (Å²) in [5.74, 6) is 0.330. The molecule has 0 bridgehead atoms. The summed E-state index contributed by atoms with van der Waals surface area (Å²) in [6.07, 6.45) is 0.462. The van der Waals surface area contributed by atoms with Gasteiger partial charge in [-0.1, -0.05) is 65.1 Å². The average molecular weight is 600 g/mol. The second-order valence-electron chi connectivity index (χ2n) is 8.10. The Kier molecular flexibility index (Phi) is 9.23. The Bertz CT molecular complexity index is 1330. The van der Waals surface area contributed by atoms with Crippen molar-refractivity contribution in [1.82, 2.24) is 4.72 Å². The molecular formula is C25H25BrCl2N2O4S. The lowest BCUT2D eigenvalue weighted by Crippen LogP contribution is -2.27. The molecule has 0 saturated heterocycles. The lowest BCUT2D eigenvalue weighted by atomic mass is 10.0. The van der Waals surface area contributed by atoms with Gasteiger partial charge in [-0.25, -0.2) is 13.1 Å². The highest BCUT2D eigenvalue weighted by Crippen LogP contribution is 2.31. The SMILES string of the molecule is COc1ccc(CCNS(=O)(=O)c2cc(C(=O)Nc3ccc(Br)cc3C(C)C)c(Cl)cc2Cl)cc1. The van der Waals surface area contributed by atoms with Gasteiger partial charge in [-0.15, -0.1) is 0 Å². The minimum Gasteiger partial charge on any atom is -0.497 e. The van der Waals surface area contributed by atoms with E-state index in [2.05, 4.69) is 26.0 Å². The van der Waals surface area contributed by atoms with Crippen molar-refractivity contribution >= 4 is 60.7 Å². The van der Waals surface area contributed by atoms with Crippen LogP contribution in [-0.2, 0) is 16.4 Å². The number of methoxy groups -OCH3 is 1. The molecule has 0 aliphatic rings. The highest BCUT2D eigenvalue weighted by Gasteiger charge is 2.23. The quantitative estimate of drug-likeness (QED) is 0.288. The van der Waals surface area contributed by atoms with Gasteiger partial charge in [-0.05, 0) is 65.9 Å². The van der Waals surface area contributed by atoms with Crippen LogP contribution in [0.5, 0.6) is 5.75 Å². The average Bonchev–Trinajstić information content (AvgIpc) is 2.80. The van der Waals surface area contributed by atoms with Crippen LogP contribution in [0.25, 0.3) is 0 Å². The fourth-order valence-electron chi connectivity index (χ4n) is 3.42. The summed E-state index contributed by atoms with van der Waals surface area (Å²) in [6.45, 7) is 4.16. The van der Waals surface area contributed by atoms with Crippen LogP contribution in [0.1, 0.15) is 41.3 Å². The van der Waals surface area contributed by atoms with Crippen LogP contribution in [0.3, 0.4) is 0 Å². The van der Waals surface area contributed by atoms with Gasteiger partial charge in [0.1, 0.15) is 10.6 Å². The van der Waals surface area contributed by atoms with E-state index in [4.69, 9.17) is 27.9 Å². The fraction of sp³-hybridized carbons (Fsp3) is 0.240. The van der Waals surface area contributed by atoms with E-state index in [1.165, 1.54) is 12.1 Å². The van der Waals surface area contributed by atoms with Crippen LogP contribution in [0, 0.1) is 0 Å². The molecule has 0 aromatic heterocycles. The van der Waals surface area contributed by atoms with Gasteiger partial charge in [-0.2, -0.15) is 0 Å². The van der Waals surface area contributed by atoms with E-state index < -0.39 is 15.9 Å². The van der Waals surface area contributed by atoms with Crippen LogP contribution >= 0.6 is 39.1 Å². The maximum atomic E-state index is 13.1. The van der Waals surface area contributed by atoms with Crippen molar-refractivity contribution in [2.75, 3.05) is 19.0 Å². The maximum Gasteiger partial charge on any atom is 0.257 e. The normalized spacial score (nSPS) is 11.5. The smallest absolute Gasteiger partial charge is 0.257 e. The summed E-state index contributed by atoms with van der Waals surface area (Å²) >= 11 is 15.9. The van der Waals surface area contributed by atoms with Gasteiger partial charge in [0.2, 0.25) is 10.0 Å². The van der Waals surface area contributed by atoms with E-state index >= 15 is 0 Å². The number of benzene rings is 3.